The third-order valence-corrected chi connectivity index (χ3v) is 3.17. The molecule has 0 bridgehead atoms. The molecule has 0 aromatic heterocycles. The molecule has 2 aromatic carbocycles. The first kappa shape index (κ1) is 15.0. The summed E-state index contributed by atoms with van der Waals surface area (Å²) in [4.78, 5) is 0. The van der Waals surface area contributed by atoms with E-state index in [2.05, 4.69) is 0 Å². The number of benzene rings is 2. The molecule has 2 rings (SSSR count). The molecule has 0 fully saturated rings. The van der Waals surface area contributed by atoms with E-state index in [4.69, 9.17) is 16.6 Å². The summed E-state index contributed by atoms with van der Waals surface area (Å²) in [6.45, 7) is -0.355. The van der Waals surface area contributed by atoms with Crippen molar-refractivity contribution in [2.45, 2.75) is 12.5 Å². The van der Waals surface area contributed by atoms with Crippen molar-refractivity contribution in [3.8, 4) is 22.6 Å². The van der Waals surface area contributed by atoms with Crippen molar-refractivity contribution in [1.29, 1.82) is 0 Å². The topological polar surface area (TPSA) is 133 Å². The standard InChI is InChI=1S/C15H18N2O4/c16-14-3-8(1-12(21)7-18)2-13(15(14)17)9-4-10(19)6-11(20)5-9/h2-6,12,18-21H,1,7,16-17H2. The lowest BCUT2D eigenvalue weighted by Crippen LogP contribution is -2.15. The molecule has 0 saturated heterocycles. The second-order valence-corrected chi connectivity index (χ2v) is 4.92. The minimum absolute atomic E-state index is 0.0937. The van der Waals surface area contributed by atoms with Gasteiger partial charge in [0, 0.05) is 18.1 Å². The van der Waals surface area contributed by atoms with E-state index >= 15 is 0 Å². The van der Waals surface area contributed by atoms with E-state index in [-0.39, 0.29) is 24.5 Å². The van der Waals surface area contributed by atoms with Crippen LogP contribution in [-0.2, 0) is 6.42 Å². The number of nitrogen functional groups attached to an aromatic ring is 2. The second kappa shape index (κ2) is 5.90. The average molecular weight is 290 g/mol. The van der Waals surface area contributed by atoms with Gasteiger partial charge in [-0.25, -0.2) is 0 Å². The Morgan fingerprint density at radius 2 is 1.57 bits per heavy atom. The molecule has 0 aliphatic carbocycles. The van der Waals surface area contributed by atoms with Gasteiger partial charge in [0.2, 0.25) is 0 Å². The smallest absolute Gasteiger partial charge is 0.119 e. The summed E-state index contributed by atoms with van der Waals surface area (Å²) in [5.41, 5.74) is 14.2. The summed E-state index contributed by atoms with van der Waals surface area (Å²) in [5, 5.41) is 37.6. The van der Waals surface area contributed by atoms with E-state index in [1.165, 1.54) is 18.2 Å². The summed E-state index contributed by atoms with van der Waals surface area (Å²) in [7, 11) is 0. The molecule has 112 valence electrons. The van der Waals surface area contributed by atoms with Gasteiger partial charge >= 0.3 is 0 Å². The average Bonchev–Trinajstić information content (AvgIpc) is 2.41. The van der Waals surface area contributed by atoms with Gasteiger partial charge in [0.15, 0.2) is 0 Å². The Bertz CT molecular complexity index is 638. The number of hydrogen-bond acceptors (Lipinski definition) is 6. The van der Waals surface area contributed by atoms with Crippen LogP contribution in [0.3, 0.4) is 0 Å². The minimum atomic E-state index is -0.890. The molecular weight excluding hydrogens is 272 g/mol. The Hall–Kier alpha value is -2.44. The third-order valence-electron chi connectivity index (χ3n) is 3.17. The zero-order valence-electron chi connectivity index (χ0n) is 11.3. The summed E-state index contributed by atoms with van der Waals surface area (Å²) in [6, 6.07) is 7.45. The number of rotatable bonds is 4. The van der Waals surface area contributed by atoms with Crippen molar-refractivity contribution in [3.63, 3.8) is 0 Å². The van der Waals surface area contributed by atoms with Crippen molar-refractivity contribution in [2.75, 3.05) is 18.1 Å². The highest BCUT2D eigenvalue weighted by Crippen LogP contribution is 2.35. The van der Waals surface area contributed by atoms with Crippen molar-refractivity contribution in [2.24, 2.45) is 0 Å². The van der Waals surface area contributed by atoms with Crippen LogP contribution >= 0.6 is 0 Å². The Kier molecular flexibility index (Phi) is 4.21. The van der Waals surface area contributed by atoms with Crippen LogP contribution in [-0.4, -0.2) is 33.1 Å². The van der Waals surface area contributed by atoms with Crippen LogP contribution in [0, 0.1) is 0 Å². The van der Waals surface area contributed by atoms with Gasteiger partial charge in [0.1, 0.15) is 11.5 Å². The minimum Gasteiger partial charge on any atom is -0.508 e. The van der Waals surface area contributed by atoms with E-state index in [9.17, 15) is 15.3 Å². The number of nitrogens with two attached hydrogens (primary N) is 2. The number of phenolic OH excluding ortho intramolecular Hbond substituents is 2. The molecule has 0 amide bonds. The molecule has 0 spiro atoms. The molecule has 8 N–H and O–H groups in total. The van der Waals surface area contributed by atoms with Crippen molar-refractivity contribution < 1.29 is 20.4 Å². The van der Waals surface area contributed by atoms with Crippen molar-refractivity contribution >= 4 is 11.4 Å². The largest absolute Gasteiger partial charge is 0.508 e. The van der Waals surface area contributed by atoms with Crippen LogP contribution in [0.25, 0.3) is 11.1 Å². The number of phenols is 2. The van der Waals surface area contributed by atoms with E-state index in [1.54, 1.807) is 12.1 Å². The zero-order valence-corrected chi connectivity index (χ0v) is 11.3. The predicted octanol–water partition coefficient (Wildman–Crippen LogP) is 0.825. The Labute approximate surface area is 121 Å². The first-order valence-electron chi connectivity index (χ1n) is 6.41. The maximum Gasteiger partial charge on any atom is 0.119 e. The van der Waals surface area contributed by atoms with Gasteiger partial charge in [-0.15, -0.1) is 0 Å². The van der Waals surface area contributed by atoms with E-state index in [1.807, 2.05) is 0 Å². The Balaban J connectivity index is 2.51. The highest BCUT2D eigenvalue weighted by molar-refractivity contribution is 5.86. The lowest BCUT2D eigenvalue weighted by atomic mass is 9.97. The number of aliphatic hydroxyl groups excluding tert-OH is 2. The highest BCUT2D eigenvalue weighted by atomic mass is 16.3. The fourth-order valence-electron chi connectivity index (χ4n) is 2.18. The summed E-state index contributed by atoms with van der Waals surface area (Å²) in [6.07, 6.45) is -0.669. The molecule has 21 heavy (non-hydrogen) atoms. The van der Waals surface area contributed by atoms with Gasteiger partial charge in [-0.2, -0.15) is 0 Å². The Morgan fingerprint density at radius 3 is 2.14 bits per heavy atom. The number of hydrogen-bond donors (Lipinski definition) is 6. The normalized spacial score (nSPS) is 12.3. The number of anilines is 2. The molecule has 1 atom stereocenters. The molecule has 0 heterocycles. The summed E-state index contributed by atoms with van der Waals surface area (Å²) >= 11 is 0. The number of aromatic hydroxyl groups is 2. The van der Waals surface area contributed by atoms with Crippen LogP contribution in [0.15, 0.2) is 30.3 Å². The molecule has 1 unspecified atom stereocenters. The highest BCUT2D eigenvalue weighted by Gasteiger charge is 2.12. The first-order valence-corrected chi connectivity index (χ1v) is 6.41. The molecule has 2 aromatic rings. The number of aliphatic hydroxyl groups is 2. The van der Waals surface area contributed by atoms with E-state index in [0.29, 0.717) is 28.1 Å². The van der Waals surface area contributed by atoms with Crippen LogP contribution in [0.2, 0.25) is 0 Å². The van der Waals surface area contributed by atoms with Crippen molar-refractivity contribution in [3.05, 3.63) is 35.9 Å². The maximum absolute atomic E-state index is 9.56. The molecule has 6 heteroatoms. The SMILES string of the molecule is Nc1cc(CC(O)CO)cc(-c2cc(O)cc(O)c2)c1N. The third kappa shape index (κ3) is 3.36. The predicted molar refractivity (Wildman–Crippen MR) is 80.8 cm³/mol. The van der Waals surface area contributed by atoms with Gasteiger partial charge < -0.3 is 31.9 Å². The van der Waals surface area contributed by atoms with E-state index in [0.717, 1.165) is 0 Å². The van der Waals surface area contributed by atoms with Crippen molar-refractivity contribution in [1.82, 2.24) is 0 Å². The van der Waals surface area contributed by atoms with Crippen LogP contribution in [0.5, 0.6) is 11.5 Å². The zero-order chi connectivity index (χ0) is 15.6. The fourth-order valence-corrected chi connectivity index (χ4v) is 2.18. The van der Waals surface area contributed by atoms with Gasteiger partial charge in [-0.1, -0.05) is 0 Å². The fraction of sp³-hybridized carbons (Fsp3) is 0.200. The van der Waals surface area contributed by atoms with Crippen LogP contribution < -0.4 is 11.5 Å². The molecule has 0 radical (unpaired) electrons. The molecule has 0 saturated carbocycles. The summed E-state index contributed by atoms with van der Waals surface area (Å²) < 4.78 is 0. The second-order valence-electron chi connectivity index (χ2n) is 4.92. The summed E-state index contributed by atoms with van der Waals surface area (Å²) in [5.74, 6) is -0.187. The first-order chi connectivity index (χ1) is 9.90. The van der Waals surface area contributed by atoms with Gasteiger partial charge in [0.25, 0.3) is 0 Å². The Morgan fingerprint density at radius 1 is 0.952 bits per heavy atom. The van der Waals surface area contributed by atoms with Gasteiger partial charge in [0.05, 0.1) is 24.1 Å². The maximum atomic E-state index is 9.56. The molecule has 6 nitrogen and oxygen atoms in total. The molecule has 0 aliphatic heterocycles. The molecule has 0 aliphatic rings. The van der Waals surface area contributed by atoms with Gasteiger partial charge in [-0.05, 0) is 35.4 Å². The van der Waals surface area contributed by atoms with Gasteiger partial charge in [-0.3, -0.25) is 0 Å². The lowest BCUT2D eigenvalue weighted by molar-refractivity contribution is 0.0955. The van der Waals surface area contributed by atoms with E-state index < -0.39 is 6.10 Å². The van der Waals surface area contributed by atoms with Crippen LogP contribution in [0.4, 0.5) is 11.4 Å². The monoisotopic (exact) mass is 290 g/mol. The lowest BCUT2D eigenvalue weighted by Gasteiger charge is -2.14. The van der Waals surface area contributed by atoms with Crippen LogP contribution in [0.1, 0.15) is 5.56 Å². The molecular formula is C15H18N2O4. The quantitative estimate of drug-likeness (QED) is 0.462.